The average molecular weight is 317 g/mol. The number of morpholine rings is 1. The third-order valence-electron chi connectivity index (χ3n) is 4.67. The van der Waals surface area contributed by atoms with Crippen molar-refractivity contribution in [1.82, 2.24) is 14.8 Å². The van der Waals surface area contributed by atoms with Gasteiger partial charge in [0.1, 0.15) is 0 Å². The van der Waals surface area contributed by atoms with E-state index < -0.39 is 0 Å². The second kappa shape index (κ2) is 7.88. The summed E-state index contributed by atoms with van der Waals surface area (Å²) < 4.78 is 5.85. The number of pyridine rings is 1. The highest BCUT2D eigenvalue weighted by Crippen LogP contribution is 2.30. The first-order valence-corrected chi connectivity index (χ1v) is 8.67. The van der Waals surface area contributed by atoms with Gasteiger partial charge in [-0.1, -0.05) is 0 Å². The Bertz CT molecular complexity index is 504. The SMILES string of the molecule is CN1CCO[C@@H](CN(CC2CC2)C(=O)CCc2ccncc2)C1. The highest BCUT2D eigenvalue weighted by Gasteiger charge is 2.29. The number of hydrogen-bond acceptors (Lipinski definition) is 4. The lowest BCUT2D eigenvalue weighted by Gasteiger charge is -2.34. The molecule has 2 fully saturated rings. The number of carbonyl (C=O) groups excluding carboxylic acids is 1. The van der Waals surface area contributed by atoms with Crippen LogP contribution in [0.1, 0.15) is 24.8 Å². The van der Waals surface area contributed by atoms with E-state index in [0.29, 0.717) is 12.3 Å². The van der Waals surface area contributed by atoms with Gasteiger partial charge in [-0.05, 0) is 49.9 Å². The molecule has 2 aliphatic rings. The summed E-state index contributed by atoms with van der Waals surface area (Å²) in [5.41, 5.74) is 1.17. The average Bonchev–Trinajstić information content (AvgIpc) is 3.37. The zero-order chi connectivity index (χ0) is 16.1. The van der Waals surface area contributed by atoms with E-state index in [1.165, 1.54) is 18.4 Å². The number of amides is 1. The predicted octanol–water partition coefficient (Wildman–Crippen LogP) is 1.58. The van der Waals surface area contributed by atoms with Gasteiger partial charge in [0, 0.05) is 45.0 Å². The van der Waals surface area contributed by atoms with Crippen LogP contribution in [0, 0.1) is 5.92 Å². The normalized spacial score (nSPS) is 22.0. The highest BCUT2D eigenvalue weighted by molar-refractivity contribution is 5.76. The van der Waals surface area contributed by atoms with E-state index in [4.69, 9.17) is 4.74 Å². The Balaban J connectivity index is 1.53. The van der Waals surface area contributed by atoms with Crippen LogP contribution in [0.4, 0.5) is 0 Å². The first kappa shape index (κ1) is 16.4. The molecule has 1 atom stereocenters. The molecule has 0 aromatic carbocycles. The van der Waals surface area contributed by atoms with Crippen molar-refractivity contribution in [3.05, 3.63) is 30.1 Å². The molecule has 1 saturated carbocycles. The van der Waals surface area contributed by atoms with Gasteiger partial charge in [0.05, 0.1) is 12.7 Å². The quantitative estimate of drug-likeness (QED) is 0.766. The summed E-state index contributed by atoms with van der Waals surface area (Å²) in [6.45, 7) is 4.30. The smallest absolute Gasteiger partial charge is 0.222 e. The minimum atomic E-state index is 0.150. The molecule has 0 bridgehead atoms. The molecule has 2 heterocycles. The van der Waals surface area contributed by atoms with Crippen molar-refractivity contribution in [1.29, 1.82) is 0 Å². The Hall–Kier alpha value is -1.46. The Kier molecular flexibility index (Phi) is 5.62. The fraction of sp³-hybridized carbons (Fsp3) is 0.667. The predicted molar refractivity (Wildman–Crippen MR) is 89.1 cm³/mol. The molecule has 0 N–H and O–H groups in total. The van der Waals surface area contributed by atoms with Crippen LogP contribution in [0.5, 0.6) is 0 Å². The molecule has 1 amide bonds. The highest BCUT2D eigenvalue weighted by atomic mass is 16.5. The Morgan fingerprint density at radius 3 is 2.83 bits per heavy atom. The van der Waals surface area contributed by atoms with Gasteiger partial charge in [-0.25, -0.2) is 0 Å². The first-order valence-electron chi connectivity index (χ1n) is 8.67. The van der Waals surface area contributed by atoms with E-state index in [2.05, 4.69) is 16.9 Å². The number of nitrogens with zero attached hydrogens (tertiary/aromatic N) is 3. The Morgan fingerprint density at radius 2 is 2.13 bits per heavy atom. The van der Waals surface area contributed by atoms with Crippen molar-refractivity contribution in [3.8, 4) is 0 Å². The molecule has 3 rings (SSSR count). The van der Waals surface area contributed by atoms with Gasteiger partial charge in [0.25, 0.3) is 0 Å². The van der Waals surface area contributed by atoms with Crippen LogP contribution < -0.4 is 0 Å². The number of rotatable bonds is 7. The molecule has 1 aromatic rings. The van der Waals surface area contributed by atoms with Crippen LogP contribution in [0.15, 0.2) is 24.5 Å². The van der Waals surface area contributed by atoms with Gasteiger partial charge in [0.2, 0.25) is 5.91 Å². The zero-order valence-electron chi connectivity index (χ0n) is 14.0. The van der Waals surface area contributed by atoms with Crippen LogP contribution in [0.2, 0.25) is 0 Å². The number of aryl methyl sites for hydroxylation is 1. The Labute approximate surface area is 138 Å². The lowest BCUT2D eigenvalue weighted by molar-refractivity contribution is -0.134. The molecule has 23 heavy (non-hydrogen) atoms. The Morgan fingerprint density at radius 1 is 1.35 bits per heavy atom. The van der Waals surface area contributed by atoms with Gasteiger partial charge >= 0.3 is 0 Å². The monoisotopic (exact) mass is 317 g/mol. The third-order valence-corrected chi connectivity index (χ3v) is 4.67. The summed E-state index contributed by atoms with van der Waals surface area (Å²) in [6, 6.07) is 3.97. The number of hydrogen-bond donors (Lipinski definition) is 0. The summed E-state index contributed by atoms with van der Waals surface area (Å²) in [6.07, 6.45) is 7.60. The van der Waals surface area contributed by atoms with E-state index in [1.807, 2.05) is 17.0 Å². The van der Waals surface area contributed by atoms with E-state index in [-0.39, 0.29) is 12.0 Å². The zero-order valence-corrected chi connectivity index (χ0v) is 14.0. The molecular weight excluding hydrogens is 290 g/mol. The molecule has 0 unspecified atom stereocenters. The van der Waals surface area contributed by atoms with Crippen molar-refractivity contribution in [2.24, 2.45) is 5.92 Å². The maximum atomic E-state index is 12.7. The van der Waals surface area contributed by atoms with Gasteiger partial charge in [-0.15, -0.1) is 0 Å². The van der Waals surface area contributed by atoms with Gasteiger partial charge in [0.15, 0.2) is 0 Å². The summed E-state index contributed by atoms with van der Waals surface area (Å²) in [5, 5.41) is 0. The first-order chi connectivity index (χ1) is 11.2. The van der Waals surface area contributed by atoms with Crippen molar-refractivity contribution >= 4 is 5.91 Å². The molecule has 1 aliphatic carbocycles. The van der Waals surface area contributed by atoms with Crippen LogP contribution in [0.25, 0.3) is 0 Å². The molecule has 0 spiro atoms. The molecule has 1 aliphatic heterocycles. The van der Waals surface area contributed by atoms with E-state index in [9.17, 15) is 4.79 Å². The number of aromatic nitrogens is 1. The van der Waals surface area contributed by atoms with Crippen LogP contribution >= 0.6 is 0 Å². The molecule has 126 valence electrons. The van der Waals surface area contributed by atoms with Crippen LogP contribution in [-0.2, 0) is 16.0 Å². The van der Waals surface area contributed by atoms with Crippen molar-refractivity contribution < 1.29 is 9.53 Å². The number of carbonyl (C=O) groups is 1. The van der Waals surface area contributed by atoms with Crippen LogP contribution in [-0.4, -0.2) is 66.6 Å². The molecule has 1 aromatic heterocycles. The minimum Gasteiger partial charge on any atom is -0.374 e. The van der Waals surface area contributed by atoms with Crippen molar-refractivity contribution in [2.45, 2.75) is 31.8 Å². The summed E-state index contributed by atoms with van der Waals surface area (Å²) >= 11 is 0. The lowest BCUT2D eigenvalue weighted by atomic mass is 10.1. The van der Waals surface area contributed by atoms with E-state index in [1.54, 1.807) is 12.4 Å². The minimum absolute atomic E-state index is 0.150. The number of likely N-dealkylation sites (N-methyl/N-ethyl adjacent to an activating group) is 1. The van der Waals surface area contributed by atoms with E-state index in [0.717, 1.165) is 39.2 Å². The fourth-order valence-corrected chi connectivity index (χ4v) is 3.07. The maximum Gasteiger partial charge on any atom is 0.222 e. The van der Waals surface area contributed by atoms with Crippen molar-refractivity contribution in [3.63, 3.8) is 0 Å². The lowest BCUT2D eigenvalue weighted by Crippen LogP contribution is -2.48. The summed E-state index contributed by atoms with van der Waals surface area (Å²) in [5.74, 6) is 0.965. The van der Waals surface area contributed by atoms with Gasteiger partial charge in [-0.2, -0.15) is 0 Å². The maximum absolute atomic E-state index is 12.7. The summed E-state index contributed by atoms with van der Waals surface area (Å²) in [4.78, 5) is 21.0. The fourth-order valence-electron chi connectivity index (χ4n) is 3.07. The van der Waals surface area contributed by atoms with Gasteiger partial charge < -0.3 is 14.5 Å². The van der Waals surface area contributed by atoms with Crippen molar-refractivity contribution in [2.75, 3.05) is 39.8 Å². The van der Waals surface area contributed by atoms with E-state index >= 15 is 0 Å². The molecular formula is C18H27N3O2. The second-order valence-corrected chi connectivity index (χ2v) is 6.85. The molecule has 5 nitrogen and oxygen atoms in total. The summed E-state index contributed by atoms with van der Waals surface area (Å²) in [7, 11) is 2.12. The molecule has 0 radical (unpaired) electrons. The van der Waals surface area contributed by atoms with Gasteiger partial charge in [-0.3, -0.25) is 9.78 Å². The third kappa shape index (κ3) is 5.29. The topological polar surface area (TPSA) is 45.7 Å². The molecule has 5 heteroatoms. The number of ether oxygens (including phenoxy) is 1. The standard InChI is InChI=1S/C18H27N3O2/c1-20-10-11-23-17(13-20)14-21(12-16-2-3-16)18(22)5-4-15-6-8-19-9-7-15/h6-9,16-17H,2-5,10-14H2,1H3/t17-/m1/s1. The molecule has 1 saturated heterocycles. The van der Waals surface area contributed by atoms with Crippen LogP contribution in [0.3, 0.4) is 0 Å². The second-order valence-electron chi connectivity index (χ2n) is 6.85. The largest absolute Gasteiger partial charge is 0.374 e.